The van der Waals surface area contributed by atoms with Crippen LogP contribution in [-0.2, 0) is 43.4 Å². The number of hydrogen-bond acceptors (Lipinski definition) is 6. The first-order chi connectivity index (χ1) is 12.9. The van der Waals surface area contributed by atoms with Gasteiger partial charge in [-0.05, 0) is 11.1 Å². The summed E-state index contributed by atoms with van der Waals surface area (Å²) in [4.78, 5) is 23.3. The predicted octanol–water partition coefficient (Wildman–Crippen LogP) is -1.43. The van der Waals surface area contributed by atoms with Crippen LogP contribution in [0.3, 0.4) is 0 Å². The zero-order valence-electron chi connectivity index (χ0n) is 15.7. The number of rotatable bonds is 9. The summed E-state index contributed by atoms with van der Waals surface area (Å²) in [7, 11) is 0.0762. The van der Waals surface area contributed by atoms with Crippen LogP contribution in [-0.4, -0.2) is 60.3 Å². The van der Waals surface area contributed by atoms with E-state index in [2.05, 4.69) is 4.74 Å². The van der Waals surface area contributed by atoms with Crippen LogP contribution in [0.1, 0.15) is 16.7 Å². The molecule has 7 nitrogen and oxygen atoms in total. The molecule has 0 bridgehead atoms. The van der Waals surface area contributed by atoms with E-state index in [4.69, 9.17) is 9.29 Å². The standard InChI is InChI=1S/C15H19B3F2O7S/c16-5-9-3-10(6-17)14(11(4-9)7-18)27-13(22)2-1-12(21)26-8-15(19,20)28(23,24)25/h1-4H,5-8,16-18H2,(H,23,24,25)/b2-1+. The maximum absolute atomic E-state index is 13.0. The SMILES string of the molecule is BCc1cc(CB)c(OC(=O)/C=C/C(=O)OCC(F)(F)S(=O)(=O)O)c(CB)c1. The predicted molar refractivity (Wildman–Crippen MR) is 105 cm³/mol. The fraction of sp³-hybridized carbons (Fsp3) is 0.333. The second kappa shape index (κ2) is 9.88. The van der Waals surface area contributed by atoms with Crippen molar-refractivity contribution in [3.05, 3.63) is 41.0 Å². The summed E-state index contributed by atoms with van der Waals surface area (Å²) >= 11 is 0. The fourth-order valence-corrected chi connectivity index (χ4v) is 2.44. The van der Waals surface area contributed by atoms with Gasteiger partial charge in [0.1, 0.15) is 29.3 Å². The normalized spacial score (nSPS) is 12.1. The Balaban J connectivity index is 2.83. The second-order valence-corrected chi connectivity index (χ2v) is 7.33. The van der Waals surface area contributed by atoms with E-state index in [0.29, 0.717) is 30.5 Å². The van der Waals surface area contributed by atoms with Crippen LogP contribution in [0, 0.1) is 0 Å². The average Bonchev–Trinajstić information content (AvgIpc) is 2.63. The van der Waals surface area contributed by atoms with Gasteiger partial charge in [-0.2, -0.15) is 17.2 Å². The highest BCUT2D eigenvalue weighted by atomic mass is 32.2. The molecule has 0 atom stereocenters. The van der Waals surface area contributed by atoms with Crippen molar-refractivity contribution in [3.8, 4) is 5.75 Å². The van der Waals surface area contributed by atoms with Crippen LogP contribution in [0.15, 0.2) is 24.3 Å². The maximum atomic E-state index is 13.0. The Bertz CT molecular complexity index is 847. The zero-order chi connectivity index (χ0) is 21.5. The van der Waals surface area contributed by atoms with Gasteiger partial charge in [0, 0.05) is 12.2 Å². The Labute approximate surface area is 164 Å². The van der Waals surface area contributed by atoms with Crippen molar-refractivity contribution in [2.75, 3.05) is 6.61 Å². The van der Waals surface area contributed by atoms with Crippen LogP contribution in [0.5, 0.6) is 5.75 Å². The molecule has 1 aromatic carbocycles. The van der Waals surface area contributed by atoms with Crippen LogP contribution in [0.25, 0.3) is 0 Å². The van der Waals surface area contributed by atoms with Crippen LogP contribution >= 0.6 is 0 Å². The van der Waals surface area contributed by atoms with Crippen molar-refractivity contribution < 1.29 is 40.8 Å². The smallest absolute Gasteiger partial charge is 0.402 e. The summed E-state index contributed by atoms with van der Waals surface area (Å²) in [5.41, 5.74) is 2.72. The van der Waals surface area contributed by atoms with Gasteiger partial charge in [-0.25, -0.2) is 9.59 Å². The molecule has 0 aliphatic carbocycles. The molecule has 1 N–H and O–H groups in total. The van der Waals surface area contributed by atoms with E-state index in [1.807, 2.05) is 35.7 Å². The van der Waals surface area contributed by atoms with Gasteiger partial charge in [0.2, 0.25) is 0 Å². The Morgan fingerprint density at radius 2 is 1.54 bits per heavy atom. The van der Waals surface area contributed by atoms with Crippen LogP contribution in [0.2, 0.25) is 0 Å². The molecule has 0 radical (unpaired) electrons. The number of esters is 2. The number of alkyl halides is 2. The van der Waals surface area contributed by atoms with E-state index < -0.39 is 33.9 Å². The molecule has 28 heavy (non-hydrogen) atoms. The van der Waals surface area contributed by atoms with Gasteiger partial charge < -0.3 is 9.47 Å². The largest absolute Gasteiger partial charge is 0.455 e. The molecule has 0 saturated heterocycles. The highest BCUT2D eigenvalue weighted by molar-refractivity contribution is 7.86. The van der Waals surface area contributed by atoms with Gasteiger partial charge in [-0.15, -0.1) is 0 Å². The fourth-order valence-electron chi connectivity index (χ4n) is 2.24. The first kappa shape index (κ1) is 23.9. The lowest BCUT2D eigenvalue weighted by Gasteiger charge is -2.14. The molecule has 13 heteroatoms. The molecular weight excluding hydrogens is 395 g/mol. The van der Waals surface area contributed by atoms with Crippen molar-refractivity contribution in [1.29, 1.82) is 0 Å². The van der Waals surface area contributed by atoms with E-state index in [1.165, 1.54) is 0 Å². The van der Waals surface area contributed by atoms with E-state index in [9.17, 15) is 26.8 Å². The van der Waals surface area contributed by atoms with Gasteiger partial charge in [-0.1, -0.05) is 36.7 Å². The Morgan fingerprint density at radius 3 is 1.96 bits per heavy atom. The maximum Gasteiger partial charge on any atom is 0.402 e. The minimum Gasteiger partial charge on any atom is -0.455 e. The lowest BCUT2D eigenvalue weighted by molar-refractivity contribution is -0.144. The molecule has 0 aliphatic rings. The molecule has 0 saturated carbocycles. The van der Waals surface area contributed by atoms with Crippen molar-refractivity contribution in [3.63, 3.8) is 0 Å². The van der Waals surface area contributed by atoms with Gasteiger partial charge in [0.25, 0.3) is 0 Å². The molecule has 0 spiro atoms. The minimum atomic E-state index is -5.72. The molecule has 0 fully saturated rings. The van der Waals surface area contributed by atoms with Crippen molar-refractivity contribution in [1.82, 2.24) is 0 Å². The summed E-state index contributed by atoms with van der Waals surface area (Å²) < 4.78 is 64.4. The zero-order valence-corrected chi connectivity index (χ0v) is 16.5. The quantitative estimate of drug-likeness (QED) is 0.174. The third-order valence-corrected chi connectivity index (χ3v) is 4.66. The van der Waals surface area contributed by atoms with E-state index in [1.54, 1.807) is 0 Å². The third kappa shape index (κ3) is 6.48. The number of hydrogen-bond donors (Lipinski definition) is 1. The first-order valence-electron chi connectivity index (χ1n) is 8.51. The molecule has 0 aromatic heterocycles. The van der Waals surface area contributed by atoms with Crippen molar-refractivity contribution in [2.24, 2.45) is 0 Å². The Hall–Kier alpha value is -2.14. The summed E-state index contributed by atoms with van der Waals surface area (Å²) in [6.07, 6.45) is 3.24. The number of benzene rings is 1. The topological polar surface area (TPSA) is 107 Å². The van der Waals surface area contributed by atoms with Gasteiger partial charge in [0.15, 0.2) is 6.61 Å². The average molecular weight is 414 g/mol. The van der Waals surface area contributed by atoms with Gasteiger partial charge in [0.05, 0.1) is 0 Å². The Morgan fingerprint density at radius 1 is 1.04 bits per heavy atom. The summed E-state index contributed by atoms with van der Waals surface area (Å²) in [6.45, 7) is -1.89. The molecule has 0 heterocycles. The van der Waals surface area contributed by atoms with Crippen LogP contribution < -0.4 is 4.74 Å². The minimum absolute atomic E-state index is 0.378. The van der Waals surface area contributed by atoms with Crippen LogP contribution in [0.4, 0.5) is 8.78 Å². The van der Waals surface area contributed by atoms with Gasteiger partial charge in [-0.3, -0.25) is 4.55 Å². The molecular formula is C15H19B3F2O7S. The number of carbonyl (C=O) groups excluding carboxylic acids is 2. The lowest BCUT2D eigenvalue weighted by Crippen LogP contribution is -2.34. The number of ether oxygens (including phenoxy) is 2. The molecule has 1 aromatic rings. The van der Waals surface area contributed by atoms with E-state index in [0.717, 1.165) is 23.0 Å². The highest BCUT2D eigenvalue weighted by Gasteiger charge is 2.45. The molecule has 0 aliphatic heterocycles. The molecule has 0 amide bonds. The number of halogens is 2. The Kier molecular flexibility index (Phi) is 8.43. The highest BCUT2D eigenvalue weighted by Crippen LogP contribution is 2.27. The van der Waals surface area contributed by atoms with Crippen molar-refractivity contribution >= 4 is 45.6 Å². The third-order valence-electron chi connectivity index (χ3n) is 3.79. The monoisotopic (exact) mass is 414 g/mol. The van der Waals surface area contributed by atoms with Crippen molar-refractivity contribution in [2.45, 2.75) is 24.2 Å². The molecule has 1 rings (SSSR count). The molecule has 0 unspecified atom stereocenters. The van der Waals surface area contributed by atoms with E-state index >= 15 is 0 Å². The summed E-state index contributed by atoms with van der Waals surface area (Å²) in [5.74, 6) is -1.94. The summed E-state index contributed by atoms with van der Waals surface area (Å²) in [6, 6.07) is 3.83. The second-order valence-electron chi connectivity index (χ2n) is 5.78. The lowest BCUT2D eigenvalue weighted by atomic mass is 9.85. The summed E-state index contributed by atoms with van der Waals surface area (Å²) in [5, 5.41) is -4.65. The number of carbonyl (C=O) groups is 2. The molecule has 150 valence electrons. The van der Waals surface area contributed by atoms with E-state index in [-0.39, 0.29) is 0 Å². The first-order valence-corrected chi connectivity index (χ1v) is 9.95. The van der Waals surface area contributed by atoms with Gasteiger partial charge >= 0.3 is 27.3 Å².